The summed E-state index contributed by atoms with van der Waals surface area (Å²) in [6.07, 6.45) is 1.96. The number of carbonyl (C=O) groups excluding carboxylic acids is 1. The van der Waals surface area contributed by atoms with Gasteiger partial charge in [-0.1, -0.05) is 24.3 Å². The third-order valence-corrected chi connectivity index (χ3v) is 4.28. The van der Waals surface area contributed by atoms with Gasteiger partial charge in [0.05, 0.1) is 7.11 Å². The van der Waals surface area contributed by atoms with Gasteiger partial charge in [0.15, 0.2) is 0 Å². The van der Waals surface area contributed by atoms with Gasteiger partial charge in [0.2, 0.25) is 0 Å². The largest absolute Gasteiger partial charge is 0.468 e. The molecular weight excluding hydrogens is 300 g/mol. The summed E-state index contributed by atoms with van der Waals surface area (Å²) >= 11 is 0. The molecule has 4 rings (SSSR count). The highest BCUT2D eigenvalue weighted by atomic mass is 16.5. The van der Waals surface area contributed by atoms with E-state index in [0.717, 1.165) is 11.3 Å². The van der Waals surface area contributed by atoms with Crippen LogP contribution in [0.2, 0.25) is 0 Å². The van der Waals surface area contributed by atoms with E-state index in [4.69, 9.17) is 4.74 Å². The molecule has 0 radical (unpaired) electrons. The standard InChI is InChI=1S/C11H13NO2.C9H9N/c1-7-3-4-8-9(11(13)14-2)6-12-10(8)5-7;1-7-2-3-8-4-5-10-9(8)6-7/h3-5,9,12H,6H2,1-2H3;2-6,10H,1H3. The fraction of sp³-hybridized carbons (Fsp3) is 0.250. The summed E-state index contributed by atoms with van der Waals surface area (Å²) in [5, 5.41) is 4.49. The smallest absolute Gasteiger partial charge is 0.315 e. The predicted molar refractivity (Wildman–Crippen MR) is 97.5 cm³/mol. The molecule has 124 valence electrons. The van der Waals surface area contributed by atoms with Gasteiger partial charge in [-0.15, -0.1) is 0 Å². The van der Waals surface area contributed by atoms with Crippen molar-refractivity contribution in [3.63, 3.8) is 0 Å². The minimum atomic E-state index is -0.167. The van der Waals surface area contributed by atoms with Gasteiger partial charge in [-0.2, -0.15) is 0 Å². The van der Waals surface area contributed by atoms with Gasteiger partial charge in [-0.25, -0.2) is 0 Å². The summed E-state index contributed by atoms with van der Waals surface area (Å²) in [5.74, 6) is -0.310. The van der Waals surface area contributed by atoms with Crippen molar-refractivity contribution in [3.8, 4) is 0 Å². The van der Waals surface area contributed by atoms with Crippen molar-refractivity contribution < 1.29 is 9.53 Å². The molecule has 0 fully saturated rings. The Morgan fingerprint density at radius 2 is 1.83 bits per heavy atom. The molecule has 2 N–H and O–H groups in total. The minimum Gasteiger partial charge on any atom is -0.468 e. The van der Waals surface area contributed by atoms with Crippen LogP contribution in [0.1, 0.15) is 22.6 Å². The van der Waals surface area contributed by atoms with Gasteiger partial charge in [-0.05, 0) is 54.1 Å². The molecule has 0 aliphatic carbocycles. The number of nitrogens with one attached hydrogen (secondary N) is 2. The third kappa shape index (κ3) is 3.27. The average molecular weight is 322 g/mol. The van der Waals surface area contributed by atoms with E-state index in [1.807, 2.05) is 25.3 Å². The maximum atomic E-state index is 11.4. The van der Waals surface area contributed by atoms with Crippen LogP contribution in [0.4, 0.5) is 5.69 Å². The second-order valence-corrected chi connectivity index (χ2v) is 6.12. The van der Waals surface area contributed by atoms with E-state index in [-0.39, 0.29) is 11.9 Å². The number of methoxy groups -OCH3 is 1. The molecule has 1 atom stereocenters. The Bertz CT molecular complexity index is 867. The van der Waals surface area contributed by atoms with Crippen LogP contribution in [0, 0.1) is 13.8 Å². The second kappa shape index (κ2) is 6.79. The van der Waals surface area contributed by atoms with Crippen molar-refractivity contribution in [2.24, 2.45) is 0 Å². The van der Waals surface area contributed by atoms with Crippen LogP contribution < -0.4 is 5.32 Å². The Morgan fingerprint density at radius 1 is 1.08 bits per heavy atom. The number of aromatic nitrogens is 1. The number of hydrogen-bond acceptors (Lipinski definition) is 3. The van der Waals surface area contributed by atoms with Gasteiger partial charge >= 0.3 is 5.97 Å². The highest BCUT2D eigenvalue weighted by Gasteiger charge is 2.28. The summed E-state index contributed by atoms with van der Waals surface area (Å²) in [7, 11) is 1.43. The van der Waals surface area contributed by atoms with Crippen molar-refractivity contribution in [2.45, 2.75) is 19.8 Å². The van der Waals surface area contributed by atoms with Gasteiger partial charge in [0, 0.05) is 23.9 Å². The van der Waals surface area contributed by atoms with Crippen molar-refractivity contribution in [1.82, 2.24) is 4.98 Å². The molecule has 0 bridgehead atoms. The highest BCUT2D eigenvalue weighted by Crippen LogP contribution is 2.32. The van der Waals surface area contributed by atoms with Crippen molar-refractivity contribution in [1.29, 1.82) is 0 Å². The molecule has 1 aliphatic rings. The van der Waals surface area contributed by atoms with E-state index in [9.17, 15) is 4.79 Å². The number of ether oxygens (including phenoxy) is 1. The Labute approximate surface area is 141 Å². The van der Waals surface area contributed by atoms with Gasteiger partial charge in [0.1, 0.15) is 5.92 Å². The molecule has 1 aliphatic heterocycles. The molecule has 24 heavy (non-hydrogen) atoms. The SMILES string of the molecule is COC(=O)C1CNc2cc(C)ccc21.Cc1ccc2cc[nH]c2c1. The molecule has 0 saturated carbocycles. The van der Waals surface area contributed by atoms with Crippen molar-refractivity contribution in [3.05, 3.63) is 65.4 Å². The lowest BCUT2D eigenvalue weighted by molar-refractivity contribution is -0.141. The van der Waals surface area contributed by atoms with Gasteiger partial charge in [0.25, 0.3) is 0 Å². The maximum absolute atomic E-state index is 11.4. The summed E-state index contributed by atoms with van der Waals surface area (Å²) < 4.78 is 4.74. The van der Waals surface area contributed by atoms with E-state index in [2.05, 4.69) is 47.6 Å². The lowest BCUT2D eigenvalue weighted by Crippen LogP contribution is -2.15. The first kappa shape index (κ1) is 16.1. The van der Waals surface area contributed by atoms with E-state index in [1.54, 1.807) is 0 Å². The van der Waals surface area contributed by atoms with E-state index < -0.39 is 0 Å². The number of H-pyrrole nitrogens is 1. The highest BCUT2D eigenvalue weighted by molar-refractivity contribution is 5.84. The first-order valence-corrected chi connectivity index (χ1v) is 8.04. The molecule has 0 saturated heterocycles. The number of aromatic amines is 1. The van der Waals surface area contributed by atoms with Crippen LogP contribution in [-0.4, -0.2) is 24.6 Å². The van der Waals surface area contributed by atoms with Crippen LogP contribution in [0.25, 0.3) is 10.9 Å². The number of carbonyl (C=O) groups is 1. The molecule has 0 amide bonds. The van der Waals surface area contributed by atoms with E-state index >= 15 is 0 Å². The van der Waals surface area contributed by atoms with Crippen LogP contribution in [0.3, 0.4) is 0 Å². The monoisotopic (exact) mass is 322 g/mol. The fourth-order valence-corrected chi connectivity index (χ4v) is 2.96. The summed E-state index contributed by atoms with van der Waals surface area (Å²) in [4.78, 5) is 14.6. The Balaban J connectivity index is 0.000000149. The number of fused-ring (bicyclic) bond motifs is 2. The minimum absolute atomic E-state index is 0.143. The maximum Gasteiger partial charge on any atom is 0.315 e. The number of esters is 1. The molecule has 2 aromatic carbocycles. The lowest BCUT2D eigenvalue weighted by atomic mass is 10.0. The molecule has 3 aromatic rings. The van der Waals surface area contributed by atoms with Crippen molar-refractivity contribution in [2.75, 3.05) is 19.0 Å². The first-order valence-electron chi connectivity index (χ1n) is 8.04. The molecule has 0 spiro atoms. The average Bonchev–Trinajstić information content (AvgIpc) is 3.20. The van der Waals surface area contributed by atoms with Gasteiger partial charge < -0.3 is 15.0 Å². The van der Waals surface area contributed by atoms with Crippen LogP contribution in [0.5, 0.6) is 0 Å². The third-order valence-electron chi connectivity index (χ3n) is 4.28. The quantitative estimate of drug-likeness (QED) is 0.662. The number of anilines is 1. The molecule has 4 heteroatoms. The summed E-state index contributed by atoms with van der Waals surface area (Å²) in [5.41, 5.74) is 5.82. The first-order chi connectivity index (χ1) is 11.6. The fourth-order valence-electron chi connectivity index (χ4n) is 2.96. The number of aryl methyl sites for hydroxylation is 2. The molecule has 1 unspecified atom stereocenters. The van der Waals surface area contributed by atoms with E-state index in [1.165, 1.54) is 29.1 Å². The molecule has 1 aromatic heterocycles. The zero-order chi connectivity index (χ0) is 17.1. The topological polar surface area (TPSA) is 54.1 Å². The predicted octanol–water partition coefficient (Wildman–Crippen LogP) is 4.15. The molecule has 4 nitrogen and oxygen atoms in total. The number of benzene rings is 2. The zero-order valence-electron chi connectivity index (χ0n) is 14.2. The number of rotatable bonds is 1. The van der Waals surface area contributed by atoms with Crippen LogP contribution in [0.15, 0.2) is 48.7 Å². The van der Waals surface area contributed by atoms with Gasteiger partial charge in [-0.3, -0.25) is 4.79 Å². The summed E-state index contributed by atoms with van der Waals surface area (Å²) in [6, 6.07) is 14.5. The zero-order valence-corrected chi connectivity index (χ0v) is 14.2. The summed E-state index contributed by atoms with van der Waals surface area (Å²) in [6.45, 7) is 4.78. The van der Waals surface area contributed by atoms with Crippen molar-refractivity contribution >= 4 is 22.6 Å². The Morgan fingerprint density at radius 3 is 2.62 bits per heavy atom. The second-order valence-electron chi connectivity index (χ2n) is 6.12. The molecular formula is C20H22N2O2. The van der Waals surface area contributed by atoms with Crippen LogP contribution >= 0.6 is 0 Å². The Kier molecular flexibility index (Phi) is 4.56. The molecule has 2 heterocycles. The van der Waals surface area contributed by atoms with E-state index in [0.29, 0.717) is 6.54 Å². The van der Waals surface area contributed by atoms with Crippen LogP contribution in [-0.2, 0) is 9.53 Å². The normalized spacial score (nSPS) is 15.2. The lowest BCUT2D eigenvalue weighted by Gasteiger charge is -2.06. The Hall–Kier alpha value is -2.75. The number of hydrogen-bond donors (Lipinski definition) is 2.